The average Bonchev–Trinajstić information content (AvgIpc) is 2.46. The van der Waals surface area contributed by atoms with E-state index in [0.29, 0.717) is 0 Å². The van der Waals surface area contributed by atoms with Gasteiger partial charge in [0, 0.05) is 5.02 Å². The maximum Gasteiger partial charge on any atom is 0.119 e. The molecule has 0 atom stereocenters. The minimum atomic E-state index is 0.758. The van der Waals surface area contributed by atoms with Crippen LogP contribution in [0.1, 0.15) is 39.0 Å². The van der Waals surface area contributed by atoms with Crippen LogP contribution in [0.3, 0.4) is 0 Å². The van der Waals surface area contributed by atoms with E-state index in [1.807, 2.05) is 24.3 Å². The molecule has 0 N–H and O–H groups in total. The summed E-state index contributed by atoms with van der Waals surface area (Å²) < 4.78 is 5.69. The number of nitrogens with zero attached hydrogens (tertiary/aromatic N) is 1. The van der Waals surface area contributed by atoms with Crippen LogP contribution in [-0.4, -0.2) is 31.1 Å². The molecule has 1 saturated heterocycles. The first-order valence-corrected chi connectivity index (χ1v) is 8.22. The van der Waals surface area contributed by atoms with E-state index in [9.17, 15) is 0 Å². The quantitative estimate of drug-likeness (QED) is 0.681. The highest BCUT2D eigenvalue weighted by molar-refractivity contribution is 6.30. The van der Waals surface area contributed by atoms with Gasteiger partial charge in [-0.3, -0.25) is 0 Å². The van der Waals surface area contributed by atoms with Gasteiger partial charge in [-0.25, -0.2) is 0 Å². The maximum absolute atomic E-state index is 5.84. The fourth-order valence-electron chi connectivity index (χ4n) is 2.62. The van der Waals surface area contributed by atoms with Gasteiger partial charge in [0.1, 0.15) is 5.75 Å². The van der Waals surface area contributed by atoms with Gasteiger partial charge in [0.2, 0.25) is 0 Å². The lowest BCUT2D eigenvalue weighted by Crippen LogP contribution is -2.33. The monoisotopic (exact) mass is 295 g/mol. The molecule has 112 valence electrons. The van der Waals surface area contributed by atoms with Crippen LogP contribution in [0, 0.1) is 5.92 Å². The lowest BCUT2D eigenvalue weighted by Gasteiger charge is -2.30. The van der Waals surface area contributed by atoms with Gasteiger partial charge in [0.15, 0.2) is 0 Å². The Morgan fingerprint density at radius 1 is 1.10 bits per heavy atom. The van der Waals surface area contributed by atoms with Crippen LogP contribution in [0.25, 0.3) is 0 Å². The SMILES string of the molecule is CC1CCN(CCCCCOc2ccc(Cl)cc2)CC1. The first kappa shape index (κ1) is 15.7. The molecule has 0 amide bonds. The minimum absolute atomic E-state index is 0.758. The highest BCUT2D eigenvalue weighted by Gasteiger charge is 2.14. The molecule has 2 nitrogen and oxygen atoms in total. The van der Waals surface area contributed by atoms with Crippen LogP contribution in [0.2, 0.25) is 5.02 Å². The smallest absolute Gasteiger partial charge is 0.119 e. The zero-order chi connectivity index (χ0) is 14.2. The van der Waals surface area contributed by atoms with Gasteiger partial charge in [-0.1, -0.05) is 18.5 Å². The molecule has 0 spiro atoms. The summed E-state index contributed by atoms with van der Waals surface area (Å²) >= 11 is 5.84. The van der Waals surface area contributed by atoms with Crippen molar-refractivity contribution in [1.82, 2.24) is 4.90 Å². The number of hydrogen-bond donors (Lipinski definition) is 0. The predicted octanol–water partition coefficient (Wildman–Crippen LogP) is 4.62. The Balaban J connectivity index is 1.48. The molecule has 20 heavy (non-hydrogen) atoms. The molecule has 3 heteroatoms. The summed E-state index contributed by atoms with van der Waals surface area (Å²) in [6.45, 7) is 7.02. The fraction of sp³-hybridized carbons (Fsp3) is 0.647. The van der Waals surface area contributed by atoms with Crippen LogP contribution < -0.4 is 4.74 Å². The summed E-state index contributed by atoms with van der Waals surface area (Å²) in [4.78, 5) is 2.61. The van der Waals surface area contributed by atoms with E-state index in [1.165, 1.54) is 45.3 Å². The zero-order valence-corrected chi connectivity index (χ0v) is 13.2. The molecule has 0 unspecified atom stereocenters. The summed E-state index contributed by atoms with van der Waals surface area (Å²) in [6.07, 6.45) is 6.42. The molecule has 0 bridgehead atoms. The van der Waals surface area contributed by atoms with Crippen LogP contribution in [0.5, 0.6) is 5.75 Å². The van der Waals surface area contributed by atoms with Crippen molar-refractivity contribution in [2.24, 2.45) is 5.92 Å². The second-order valence-corrected chi connectivity index (χ2v) is 6.32. The molecule has 0 radical (unpaired) electrons. The van der Waals surface area contributed by atoms with E-state index in [1.54, 1.807) is 0 Å². The van der Waals surface area contributed by atoms with E-state index in [4.69, 9.17) is 16.3 Å². The van der Waals surface area contributed by atoms with Gasteiger partial charge < -0.3 is 9.64 Å². The molecule has 0 saturated carbocycles. The number of ether oxygens (including phenoxy) is 1. The number of benzene rings is 1. The van der Waals surface area contributed by atoms with Crippen molar-refractivity contribution in [3.63, 3.8) is 0 Å². The molecule has 1 heterocycles. The Bertz CT molecular complexity index is 371. The molecule has 1 aromatic rings. The Hall–Kier alpha value is -0.730. The second kappa shape index (κ2) is 8.53. The van der Waals surface area contributed by atoms with Crippen molar-refractivity contribution in [3.05, 3.63) is 29.3 Å². The van der Waals surface area contributed by atoms with Crippen molar-refractivity contribution in [3.8, 4) is 5.75 Å². The predicted molar refractivity (Wildman–Crippen MR) is 85.6 cm³/mol. The van der Waals surface area contributed by atoms with Gasteiger partial charge in [-0.15, -0.1) is 0 Å². The number of halogens is 1. The number of piperidine rings is 1. The molecular formula is C17H26ClNO. The van der Waals surface area contributed by atoms with E-state index < -0.39 is 0 Å². The average molecular weight is 296 g/mol. The van der Waals surface area contributed by atoms with Gasteiger partial charge >= 0.3 is 0 Å². The van der Waals surface area contributed by atoms with E-state index in [2.05, 4.69) is 11.8 Å². The molecule has 0 aromatic heterocycles. The summed E-state index contributed by atoms with van der Waals surface area (Å²) in [6, 6.07) is 7.59. The lowest BCUT2D eigenvalue weighted by atomic mass is 9.99. The number of hydrogen-bond acceptors (Lipinski definition) is 2. The van der Waals surface area contributed by atoms with Crippen LogP contribution >= 0.6 is 11.6 Å². The standard InChI is InChI=1S/C17H26ClNO/c1-15-9-12-19(13-10-15)11-3-2-4-14-20-17-7-5-16(18)6-8-17/h5-8,15H,2-4,9-14H2,1H3. The Kier molecular flexibility index (Phi) is 6.68. The van der Waals surface area contributed by atoms with Crippen LogP contribution in [0.4, 0.5) is 0 Å². The van der Waals surface area contributed by atoms with Crippen molar-refractivity contribution >= 4 is 11.6 Å². The summed E-state index contributed by atoms with van der Waals surface area (Å²) in [7, 11) is 0. The first-order chi connectivity index (χ1) is 9.74. The topological polar surface area (TPSA) is 12.5 Å². The Labute approximate surface area is 128 Å². The normalized spacial score (nSPS) is 17.3. The number of rotatable bonds is 7. The van der Waals surface area contributed by atoms with E-state index >= 15 is 0 Å². The Morgan fingerprint density at radius 3 is 2.50 bits per heavy atom. The second-order valence-electron chi connectivity index (χ2n) is 5.89. The third-order valence-electron chi connectivity index (χ3n) is 4.08. The fourth-order valence-corrected chi connectivity index (χ4v) is 2.75. The largest absolute Gasteiger partial charge is 0.494 e. The lowest BCUT2D eigenvalue weighted by molar-refractivity contribution is 0.187. The van der Waals surface area contributed by atoms with Crippen molar-refractivity contribution in [1.29, 1.82) is 0 Å². The van der Waals surface area contributed by atoms with E-state index in [-0.39, 0.29) is 0 Å². The maximum atomic E-state index is 5.84. The number of likely N-dealkylation sites (tertiary alicyclic amines) is 1. The summed E-state index contributed by atoms with van der Waals surface area (Å²) in [5, 5.41) is 0.758. The van der Waals surface area contributed by atoms with Gasteiger partial charge in [-0.2, -0.15) is 0 Å². The van der Waals surface area contributed by atoms with Crippen LogP contribution in [-0.2, 0) is 0 Å². The molecule has 2 rings (SSSR count). The summed E-state index contributed by atoms with van der Waals surface area (Å²) in [5.41, 5.74) is 0. The van der Waals surface area contributed by atoms with E-state index in [0.717, 1.165) is 29.7 Å². The highest BCUT2D eigenvalue weighted by atomic mass is 35.5. The highest BCUT2D eigenvalue weighted by Crippen LogP contribution is 2.17. The molecule has 1 aliphatic rings. The summed E-state index contributed by atoms with van der Waals surface area (Å²) in [5.74, 6) is 1.85. The van der Waals surface area contributed by atoms with Gasteiger partial charge in [0.05, 0.1) is 6.61 Å². The van der Waals surface area contributed by atoms with Crippen molar-refractivity contribution in [2.45, 2.75) is 39.0 Å². The zero-order valence-electron chi connectivity index (χ0n) is 12.5. The molecule has 1 aliphatic heterocycles. The van der Waals surface area contributed by atoms with Gasteiger partial charge in [-0.05, 0) is 81.9 Å². The van der Waals surface area contributed by atoms with Crippen LogP contribution in [0.15, 0.2) is 24.3 Å². The molecular weight excluding hydrogens is 270 g/mol. The number of unbranched alkanes of at least 4 members (excludes halogenated alkanes) is 2. The van der Waals surface area contributed by atoms with Crippen molar-refractivity contribution in [2.75, 3.05) is 26.2 Å². The van der Waals surface area contributed by atoms with Gasteiger partial charge in [0.25, 0.3) is 0 Å². The Morgan fingerprint density at radius 2 is 1.80 bits per heavy atom. The minimum Gasteiger partial charge on any atom is -0.494 e. The third-order valence-corrected chi connectivity index (χ3v) is 4.33. The molecule has 1 fully saturated rings. The molecule has 1 aromatic carbocycles. The molecule has 0 aliphatic carbocycles. The first-order valence-electron chi connectivity index (χ1n) is 7.85. The van der Waals surface area contributed by atoms with Crippen molar-refractivity contribution < 1.29 is 4.74 Å². The third kappa shape index (κ3) is 5.72.